The van der Waals surface area contributed by atoms with Crippen molar-refractivity contribution in [3.63, 3.8) is 0 Å². The predicted molar refractivity (Wildman–Crippen MR) is 41.9 cm³/mol. The van der Waals surface area contributed by atoms with E-state index in [0.717, 1.165) is 0 Å². The molecule has 4 nitrogen and oxygen atoms in total. The highest BCUT2D eigenvalue weighted by atomic mass is 19.1. The lowest BCUT2D eigenvalue weighted by atomic mass is 10.1. The summed E-state index contributed by atoms with van der Waals surface area (Å²) < 4.78 is 23.7. The lowest BCUT2D eigenvalue weighted by Crippen LogP contribution is -2.20. The second kappa shape index (κ2) is 3.06. The van der Waals surface area contributed by atoms with Crippen molar-refractivity contribution in [1.82, 2.24) is 10.1 Å². The van der Waals surface area contributed by atoms with Crippen molar-refractivity contribution in [3.05, 3.63) is 11.7 Å². The van der Waals surface area contributed by atoms with E-state index < -0.39 is 5.67 Å². The number of halogens is 1. The highest BCUT2D eigenvalue weighted by Crippen LogP contribution is 2.33. The van der Waals surface area contributed by atoms with Crippen LogP contribution in [0.15, 0.2) is 4.52 Å². The molecule has 1 saturated heterocycles. The summed E-state index contributed by atoms with van der Waals surface area (Å²) in [4.78, 5) is 3.95. The molecule has 13 heavy (non-hydrogen) atoms. The number of aromatic nitrogens is 2. The molecule has 0 radical (unpaired) electrons. The smallest absolute Gasteiger partial charge is 0.266 e. The average molecular weight is 186 g/mol. The van der Waals surface area contributed by atoms with Crippen molar-refractivity contribution in [2.75, 3.05) is 13.2 Å². The largest absolute Gasteiger partial charge is 0.377 e. The normalized spacial score (nSPS) is 28.2. The maximum Gasteiger partial charge on any atom is 0.266 e. The van der Waals surface area contributed by atoms with E-state index in [4.69, 9.17) is 9.26 Å². The van der Waals surface area contributed by atoms with Crippen molar-refractivity contribution in [2.45, 2.75) is 25.4 Å². The maximum atomic E-state index is 13.9. The van der Waals surface area contributed by atoms with Crippen LogP contribution in [0.1, 0.15) is 25.1 Å². The van der Waals surface area contributed by atoms with Crippen LogP contribution in [0, 0.1) is 0 Å². The second-order valence-electron chi connectivity index (χ2n) is 3.14. The second-order valence-corrected chi connectivity index (χ2v) is 3.14. The molecular formula is C8H11FN2O2. The Morgan fingerprint density at radius 3 is 3.00 bits per heavy atom. The van der Waals surface area contributed by atoms with Crippen LogP contribution in [0.4, 0.5) is 4.39 Å². The van der Waals surface area contributed by atoms with Crippen LogP contribution in [-0.4, -0.2) is 23.4 Å². The number of alkyl halides is 1. The van der Waals surface area contributed by atoms with Crippen LogP contribution < -0.4 is 0 Å². The number of ether oxygens (including phenoxy) is 1. The molecule has 0 bridgehead atoms. The van der Waals surface area contributed by atoms with E-state index in [1.54, 1.807) is 0 Å². The van der Waals surface area contributed by atoms with Gasteiger partial charge in [0.05, 0.1) is 13.2 Å². The monoisotopic (exact) mass is 186 g/mol. The first-order valence-electron chi connectivity index (χ1n) is 4.34. The summed E-state index contributed by atoms with van der Waals surface area (Å²) in [6.07, 6.45) is 0.957. The van der Waals surface area contributed by atoms with Gasteiger partial charge in [0, 0.05) is 12.8 Å². The Morgan fingerprint density at radius 2 is 2.46 bits per heavy atom. The summed E-state index contributed by atoms with van der Waals surface area (Å²) in [5, 5.41) is 3.64. The molecule has 1 aromatic heterocycles. The summed E-state index contributed by atoms with van der Waals surface area (Å²) in [6, 6.07) is 0. The Labute approximate surface area is 75.1 Å². The van der Waals surface area contributed by atoms with Crippen LogP contribution in [0.25, 0.3) is 0 Å². The third-order valence-corrected chi connectivity index (χ3v) is 2.14. The first kappa shape index (κ1) is 8.62. The van der Waals surface area contributed by atoms with Crippen molar-refractivity contribution >= 4 is 0 Å². The first-order chi connectivity index (χ1) is 6.24. The molecule has 1 fully saturated rings. The zero-order valence-electron chi connectivity index (χ0n) is 7.42. The molecule has 1 aromatic rings. The molecule has 0 spiro atoms. The molecule has 0 aromatic carbocycles. The Bertz CT molecular complexity index is 294. The van der Waals surface area contributed by atoms with Gasteiger partial charge in [-0.1, -0.05) is 12.1 Å². The lowest BCUT2D eigenvalue weighted by molar-refractivity contribution is 0.0807. The lowest BCUT2D eigenvalue weighted by Gasteiger charge is -2.09. The molecule has 72 valence electrons. The highest BCUT2D eigenvalue weighted by Gasteiger charge is 2.42. The van der Waals surface area contributed by atoms with Gasteiger partial charge in [-0.25, -0.2) is 4.39 Å². The van der Waals surface area contributed by atoms with Gasteiger partial charge < -0.3 is 9.26 Å². The van der Waals surface area contributed by atoms with Crippen molar-refractivity contribution in [3.8, 4) is 0 Å². The topological polar surface area (TPSA) is 48.2 Å². The van der Waals surface area contributed by atoms with Crippen molar-refractivity contribution < 1.29 is 13.7 Å². The van der Waals surface area contributed by atoms with Crippen LogP contribution in [0.2, 0.25) is 0 Å². The SMILES string of the molecule is CCc1noc(C2(F)CCOC2)n1. The third kappa shape index (κ3) is 1.44. The van der Waals surface area contributed by atoms with Gasteiger partial charge in [-0.05, 0) is 0 Å². The minimum Gasteiger partial charge on any atom is -0.377 e. The fraction of sp³-hybridized carbons (Fsp3) is 0.750. The van der Waals surface area contributed by atoms with Crippen molar-refractivity contribution in [1.29, 1.82) is 0 Å². The van der Waals surface area contributed by atoms with Crippen molar-refractivity contribution in [2.24, 2.45) is 0 Å². The van der Waals surface area contributed by atoms with Crippen LogP contribution in [-0.2, 0) is 16.8 Å². The zero-order chi connectivity index (χ0) is 9.31. The Kier molecular flexibility index (Phi) is 2.03. The summed E-state index contributed by atoms with van der Waals surface area (Å²) >= 11 is 0. The van der Waals surface area contributed by atoms with Crippen LogP contribution in [0.5, 0.6) is 0 Å². The molecule has 2 heterocycles. The molecule has 0 aliphatic carbocycles. The van der Waals surface area contributed by atoms with E-state index in [9.17, 15) is 4.39 Å². The molecular weight excluding hydrogens is 175 g/mol. The number of hydrogen-bond donors (Lipinski definition) is 0. The molecule has 1 aliphatic rings. The van der Waals surface area contributed by atoms with Gasteiger partial charge in [-0.15, -0.1) is 0 Å². The molecule has 2 rings (SSSR count). The Balaban J connectivity index is 2.23. The molecule has 1 atom stereocenters. The number of nitrogens with zero attached hydrogens (tertiary/aromatic N) is 2. The quantitative estimate of drug-likeness (QED) is 0.696. The molecule has 0 N–H and O–H groups in total. The molecule has 0 saturated carbocycles. The maximum absolute atomic E-state index is 13.9. The van der Waals surface area contributed by atoms with Gasteiger partial charge in [0.25, 0.3) is 5.89 Å². The van der Waals surface area contributed by atoms with E-state index in [1.165, 1.54) is 0 Å². The standard InChI is InChI=1S/C8H11FN2O2/c1-2-6-10-7(13-11-6)8(9)3-4-12-5-8/h2-5H2,1H3. The summed E-state index contributed by atoms with van der Waals surface area (Å²) in [6.45, 7) is 2.34. The fourth-order valence-electron chi connectivity index (χ4n) is 1.29. The van der Waals surface area contributed by atoms with Crippen LogP contribution in [0.3, 0.4) is 0 Å². The first-order valence-corrected chi connectivity index (χ1v) is 4.34. The van der Waals surface area contributed by atoms with Gasteiger partial charge in [0.2, 0.25) is 5.67 Å². The summed E-state index contributed by atoms with van der Waals surface area (Å²) in [7, 11) is 0. The van der Waals surface area contributed by atoms with E-state index >= 15 is 0 Å². The minimum atomic E-state index is -1.56. The highest BCUT2D eigenvalue weighted by molar-refractivity contribution is 5.01. The summed E-state index contributed by atoms with van der Waals surface area (Å²) in [5.74, 6) is 0.598. The number of rotatable bonds is 2. The number of aryl methyl sites for hydroxylation is 1. The van der Waals surface area contributed by atoms with E-state index in [-0.39, 0.29) is 12.5 Å². The van der Waals surface area contributed by atoms with Crippen LogP contribution >= 0.6 is 0 Å². The van der Waals surface area contributed by atoms with E-state index in [0.29, 0.717) is 25.3 Å². The molecule has 1 aliphatic heterocycles. The summed E-state index contributed by atoms with van der Waals surface area (Å²) in [5.41, 5.74) is -1.56. The van der Waals surface area contributed by atoms with Gasteiger partial charge in [0.15, 0.2) is 5.82 Å². The van der Waals surface area contributed by atoms with Gasteiger partial charge in [-0.2, -0.15) is 4.98 Å². The fourth-order valence-corrected chi connectivity index (χ4v) is 1.29. The predicted octanol–water partition coefficient (Wildman–Crippen LogP) is 1.22. The van der Waals surface area contributed by atoms with E-state index in [2.05, 4.69) is 10.1 Å². The average Bonchev–Trinajstić information content (AvgIpc) is 2.72. The minimum absolute atomic E-state index is 0.0261. The molecule has 5 heteroatoms. The van der Waals surface area contributed by atoms with Gasteiger partial charge in [0.1, 0.15) is 0 Å². The molecule has 1 unspecified atom stereocenters. The Morgan fingerprint density at radius 1 is 1.62 bits per heavy atom. The van der Waals surface area contributed by atoms with Gasteiger partial charge >= 0.3 is 0 Å². The Hall–Kier alpha value is -0.970. The zero-order valence-corrected chi connectivity index (χ0v) is 7.42. The van der Waals surface area contributed by atoms with Gasteiger partial charge in [-0.3, -0.25) is 0 Å². The molecule has 0 amide bonds. The number of hydrogen-bond acceptors (Lipinski definition) is 4. The third-order valence-electron chi connectivity index (χ3n) is 2.14. The van der Waals surface area contributed by atoms with E-state index in [1.807, 2.05) is 6.92 Å².